The van der Waals surface area contributed by atoms with Crippen LogP contribution in [0.4, 0.5) is 0 Å². The molecule has 1 aliphatic rings. The Morgan fingerprint density at radius 2 is 2.06 bits per heavy atom. The highest BCUT2D eigenvalue weighted by molar-refractivity contribution is 7.90. The summed E-state index contributed by atoms with van der Waals surface area (Å²) in [5.41, 5.74) is 5.21. The van der Waals surface area contributed by atoms with Crippen LogP contribution in [0.15, 0.2) is 23.1 Å². The summed E-state index contributed by atoms with van der Waals surface area (Å²) in [7, 11) is -3.83. The molecule has 0 saturated carbocycles. The molecule has 0 aromatic heterocycles. The molecule has 1 heterocycles. The van der Waals surface area contributed by atoms with Crippen molar-refractivity contribution in [1.29, 1.82) is 0 Å². The smallest absolute Gasteiger partial charge is 0.268 e. The van der Waals surface area contributed by atoms with Gasteiger partial charge in [-0.2, -0.15) is 0 Å². The van der Waals surface area contributed by atoms with E-state index in [-0.39, 0.29) is 22.6 Å². The maximum atomic E-state index is 12.0. The Bertz CT molecular complexity index is 621. The van der Waals surface area contributed by atoms with Crippen molar-refractivity contribution in [2.75, 3.05) is 6.54 Å². The summed E-state index contributed by atoms with van der Waals surface area (Å²) in [6.07, 6.45) is 0. The van der Waals surface area contributed by atoms with E-state index in [1.807, 2.05) is 0 Å². The lowest BCUT2D eigenvalue weighted by Gasteiger charge is -2.10. The van der Waals surface area contributed by atoms with E-state index in [1.165, 1.54) is 12.1 Å². The predicted octanol–water partition coefficient (Wildman–Crippen LogP) is -0.0501. The summed E-state index contributed by atoms with van der Waals surface area (Å²) in [6.45, 7) is 1.62. The molecule has 1 aromatic rings. The molecule has 1 aromatic carbocycles. The quantitative estimate of drug-likeness (QED) is 0.800. The van der Waals surface area contributed by atoms with E-state index in [2.05, 4.69) is 0 Å². The first-order chi connectivity index (χ1) is 7.89. The van der Waals surface area contributed by atoms with Gasteiger partial charge in [0, 0.05) is 12.1 Å². The van der Waals surface area contributed by atoms with Gasteiger partial charge in [0.1, 0.15) is 4.90 Å². The van der Waals surface area contributed by atoms with Crippen LogP contribution in [-0.4, -0.2) is 31.1 Å². The minimum Gasteiger partial charge on any atom is -0.366 e. The highest BCUT2D eigenvalue weighted by Gasteiger charge is 2.40. The van der Waals surface area contributed by atoms with Gasteiger partial charge in [-0.25, -0.2) is 12.7 Å². The van der Waals surface area contributed by atoms with E-state index in [0.717, 1.165) is 10.4 Å². The number of benzene rings is 1. The average molecular weight is 254 g/mol. The van der Waals surface area contributed by atoms with Crippen LogP contribution >= 0.6 is 0 Å². The van der Waals surface area contributed by atoms with Crippen LogP contribution in [0.3, 0.4) is 0 Å². The highest BCUT2D eigenvalue weighted by atomic mass is 32.2. The maximum Gasteiger partial charge on any atom is 0.268 e. The second kappa shape index (κ2) is 3.56. The molecule has 0 bridgehead atoms. The van der Waals surface area contributed by atoms with Crippen LogP contribution in [0.25, 0.3) is 0 Å². The van der Waals surface area contributed by atoms with Crippen molar-refractivity contribution in [1.82, 2.24) is 4.31 Å². The fourth-order valence-corrected chi connectivity index (χ4v) is 3.34. The lowest BCUT2D eigenvalue weighted by molar-refractivity contribution is 0.0874. The number of sulfonamides is 1. The van der Waals surface area contributed by atoms with Gasteiger partial charge in [0.25, 0.3) is 15.9 Å². The summed E-state index contributed by atoms with van der Waals surface area (Å²) in [6, 6.07) is 3.79. The van der Waals surface area contributed by atoms with E-state index in [4.69, 9.17) is 5.73 Å². The molecule has 7 heteroatoms. The van der Waals surface area contributed by atoms with Gasteiger partial charge in [-0.1, -0.05) is 0 Å². The second-order valence-electron chi connectivity index (χ2n) is 3.55. The summed E-state index contributed by atoms with van der Waals surface area (Å²) in [4.78, 5) is 22.6. The number of hydrogen-bond donors (Lipinski definition) is 1. The molecule has 0 aliphatic carbocycles. The average Bonchev–Trinajstić information content (AvgIpc) is 2.46. The molecule has 2 rings (SSSR count). The van der Waals surface area contributed by atoms with Gasteiger partial charge in [-0.3, -0.25) is 9.59 Å². The summed E-state index contributed by atoms with van der Waals surface area (Å²) < 4.78 is 24.7. The van der Waals surface area contributed by atoms with Gasteiger partial charge in [0.2, 0.25) is 5.91 Å². The molecule has 0 spiro atoms. The van der Waals surface area contributed by atoms with Gasteiger partial charge in [-0.15, -0.1) is 0 Å². The minimum atomic E-state index is -3.83. The van der Waals surface area contributed by atoms with Gasteiger partial charge in [0.05, 0.1) is 5.56 Å². The number of nitrogens with two attached hydrogens (primary N) is 1. The van der Waals surface area contributed by atoms with E-state index >= 15 is 0 Å². The normalized spacial score (nSPS) is 17.0. The van der Waals surface area contributed by atoms with Crippen molar-refractivity contribution in [3.05, 3.63) is 29.3 Å². The van der Waals surface area contributed by atoms with E-state index in [0.29, 0.717) is 0 Å². The summed E-state index contributed by atoms with van der Waals surface area (Å²) in [5.74, 6) is -1.30. The third-order valence-corrected chi connectivity index (χ3v) is 4.48. The number of fused-ring (bicyclic) bond motifs is 1. The van der Waals surface area contributed by atoms with Crippen molar-refractivity contribution in [2.45, 2.75) is 11.8 Å². The number of carbonyl (C=O) groups is 2. The molecule has 2 amide bonds. The Morgan fingerprint density at radius 1 is 1.41 bits per heavy atom. The molecule has 90 valence electrons. The summed E-state index contributed by atoms with van der Waals surface area (Å²) >= 11 is 0. The lowest BCUT2D eigenvalue weighted by Crippen LogP contribution is -2.29. The first-order valence-electron chi connectivity index (χ1n) is 4.90. The Hall–Kier alpha value is -1.89. The first-order valence-corrected chi connectivity index (χ1v) is 6.34. The third-order valence-electron chi connectivity index (χ3n) is 2.58. The van der Waals surface area contributed by atoms with Crippen molar-refractivity contribution in [3.63, 3.8) is 0 Å². The molecular formula is C10H10N2O4S. The third kappa shape index (κ3) is 1.50. The largest absolute Gasteiger partial charge is 0.366 e. The number of hydrogen-bond acceptors (Lipinski definition) is 4. The molecule has 0 radical (unpaired) electrons. The Labute approximate surface area is 98.1 Å². The standard InChI is InChI=1S/C10H10N2O4S/c1-2-12-10(14)7-4-3-6(9(11)13)5-8(7)17(12,15)16/h3-5H,2H2,1H3,(H2,11,13). The molecule has 6 nitrogen and oxygen atoms in total. The van der Waals surface area contributed by atoms with Crippen molar-refractivity contribution in [3.8, 4) is 0 Å². The Balaban J connectivity index is 2.71. The van der Waals surface area contributed by atoms with Crippen LogP contribution in [-0.2, 0) is 10.0 Å². The Kier molecular flexibility index (Phi) is 2.43. The van der Waals surface area contributed by atoms with Crippen molar-refractivity contribution < 1.29 is 18.0 Å². The molecule has 2 N–H and O–H groups in total. The molecule has 0 atom stereocenters. The van der Waals surface area contributed by atoms with Gasteiger partial charge >= 0.3 is 0 Å². The van der Waals surface area contributed by atoms with Crippen LogP contribution < -0.4 is 5.73 Å². The second-order valence-corrected chi connectivity index (χ2v) is 5.38. The fraction of sp³-hybridized carbons (Fsp3) is 0.200. The molecule has 0 unspecified atom stereocenters. The zero-order chi connectivity index (χ0) is 12.8. The molecule has 17 heavy (non-hydrogen) atoms. The number of amides is 2. The van der Waals surface area contributed by atoms with E-state index < -0.39 is 21.8 Å². The maximum absolute atomic E-state index is 12.0. The monoisotopic (exact) mass is 254 g/mol. The zero-order valence-corrected chi connectivity index (χ0v) is 9.82. The number of primary amides is 1. The van der Waals surface area contributed by atoms with E-state index in [1.54, 1.807) is 6.92 Å². The first kappa shape index (κ1) is 11.6. The Morgan fingerprint density at radius 3 is 2.59 bits per heavy atom. The fourth-order valence-electron chi connectivity index (χ4n) is 1.74. The van der Waals surface area contributed by atoms with E-state index in [9.17, 15) is 18.0 Å². The minimum absolute atomic E-state index is 0.0573. The molecule has 0 saturated heterocycles. The topological polar surface area (TPSA) is 97.5 Å². The van der Waals surface area contributed by atoms with Crippen LogP contribution in [0.1, 0.15) is 27.6 Å². The molecule has 1 aliphatic heterocycles. The number of nitrogens with zero attached hydrogens (tertiary/aromatic N) is 1. The van der Waals surface area contributed by atoms with Crippen LogP contribution in [0.2, 0.25) is 0 Å². The SMILES string of the molecule is CCN1C(=O)c2ccc(C(N)=O)cc2S1(=O)=O. The number of rotatable bonds is 2. The zero-order valence-electron chi connectivity index (χ0n) is 9.00. The highest BCUT2D eigenvalue weighted by Crippen LogP contribution is 2.30. The summed E-state index contributed by atoms with van der Waals surface area (Å²) in [5, 5.41) is 0. The van der Waals surface area contributed by atoms with Gasteiger partial charge in [0.15, 0.2) is 0 Å². The molecular weight excluding hydrogens is 244 g/mol. The van der Waals surface area contributed by atoms with Crippen molar-refractivity contribution >= 4 is 21.8 Å². The molecule has 0 fully saturated rings. The van der Waals surface area contributed by atoms with Gasteiger partial charge in [-0.05, 0) is 25.1 Å². The number of carbonyl (C=O) groups excluding carboxylic acids is 2. The van der Waals surface area contributed by atoms with Gasteiger partial charge < -0.3 is 5.73 Å². The van der Waals surface area contributed by atoms with Crippen molar-refractivity contribution in [2.24, 2.45) is 5.73 Å². The predicted molar refractivity (Wildman–Crippen MR) is 58.9 cm³/mol. The van der Waals surface area contributed by atoms with Crippen LogP contribution in [0.5, 0.6) is 0 Å². The lowest BCUT2D eigenvalue weighted by atomic mass is 10.1. The van der Waals surface area contributed by atoms with Crippen LogP contribution in [0, 0.1) is 0 Å².